The standard InChI is InChI=1S/C23H24BrF3N8O/c24-13-6-7-16-18-20(32-35(17-5-1-2-9-36-17)21(18)33-34(16)12-13)19-15(23(25,26)27)11-29-22(31-19)30-14-4-3-8-28-10-14/h6-7,11-12,14,17,28H,1-5,8-10H2,(H,29,30,31)/t14-,17?/m0/s1. The summed E-state index contributed by atoms with van der Waals surface area (Å²) in [6, 6.07) is 3.66. The van der Waals surface area contributed by atoms with E-state index in [9.17, 15) is 13.2 Å². The highest BCUT2D eigenvalue weighted by molar-refractivity contribution is 9.10. The van der Waals surface area contributed by atoms with E-state index in [1.165, 1.54) is 0 Å². The average Bonchev–Trinajstić information content (AvgIpc) is 3.41. The molecule has 4 aromatic rings. The van der Waals surface area contributed by atoms with E-state index >= 15 is 0 Å². The minimum absolute atomic E-state index is 0.0332. The van der Waals surface area contributed by atoms with Crippen LogP contribution in [0, 0.1) is 0 Å². The molecule has 36 heavy (non-hydrogen) atoms. The average molecular weight is 565 g/mol. The lowest BCUT2D eigenvalue weighted by Crippen LogP contribution is -2.38. The summed E-state index contributed by atoms with van der Waals surface area (Å²) in [5.41, 5.74) is -0.0321. The molecule has 1 unspecified atom stereocenters. The van der Waals surface area contributed by atoms with Gasteiger partial charge in [0.2, 0.25) is 5.95 Å². The maximum atomic E-state index is 14.2. The van der Waals surface area contributed by atoms with E-state index in [0.717, 1.165) is 42.9 Å². The Morgan fingerprint density at radius 2 is 2.00 bits per heavy atom. The van der Waals surface area contributed by atoms with E-state index in [2.05, 4.69) is 46.7 Å². The first kappa shape index (κ1) is 23.6. The molecule has 2 saturated heterocycles. The van der Waals surface area contributed by atoms with Gasteiger partial charge in [-0.1, -0.05) is 0 Å². The third-order valence-corrected chi connectivity index (χ3v) is 7.08. The molecule has 0 aliphatic carbocycles. The molecule has 6 heterocycles. The zero-order chi connectivity index (χ0) is 24.9. The molecule has 2 atom stereocenters. The van der Waals surface area contributed by atoms with E-state index < -0.39 is 18.0 Å². The predicted molar refractivity (Wildman–Crippen MR) is 131 cm³/mol. The second-order valence-electron chi connectivity index (χ2n) is 9.13. The molecule has 0 radical (unpaired) electrons. The minimum atomic E-state index is -4.66. The van der Waals surface area contributed by atoms with Crippen LogP contribution >= 0.6 is 15.9 Å². The molecule has 0 aromatic carbocycles. The Kier molecular flexibility index (Phi) is 6.08. The number of fused-ring (bicyclic) bond motifs is 3. The van der Waals surface area contributed by atoms with Gasteiger partial charge >= 0.3 is 6.18 Å². The molecular formula is C23H24BrF3N8O. The number of rotatable bonds is 4. The van der Waals surface area contributed by atoms with Crippen LogP contribution in [0.4, 0.5) is 19.1 Å². The van der Waals surface area contributed by atoms with Crippen molar-refractivity contribution < 1.29 is 17.9 Å². The maximum Gasteiger partial charge on any atom is 0.420 e. The van der Waals surface area contributed by atoms with Crippen LogP contribution in [0.1, 0.15) is 43.9 Å². The number of nitrogens with one attached hydrogen (secondary N) is 2. The number of ether oxygens (including phenoxy) is 1. The summed E-state index contributed by atoms with van der Waals surface area (Å²) in [7, 11) is 0. The molecular weight excluding hydrogens is 541 g/mol. The van der Waals surface area contributed by atoms with Gasteiger partial charge in [0.15, 0.2) is 11.9 Å². The zero-order valence-corrected chi connectivity index (χ0v) is 20.8. The smallest absolute Gasteiger partial charge is 0.356 e. The molecule has 9 nitrogen and oxygen atoms in total. The monoisotopic (exact) mass is 564 g/mol. The van der Waals surface area contributed by atoms with Crippen LogP contribution < -0.4 is 10.6 Å². The lowest BCUT2D eigenvalue weighted by Gasteiger charge is -2.24. The largest absolute Gasteiger partial charge is 0.420 e. The van der Waals surface area contributed by atoms with Gasteiger partial charge in [0.1, 0.15) is 17.0 Å². The lowest BCUT2D eigenvalue weighted by atomic mass is 10.1. The molecule has 0 bridgehead atoms. The summed E-state index contributed by atoms with van der Waals surface area (Å²) < 4.78 is 52.5. The van der Waals surface area contributed by atoms with Crippen LogP contribution in [0.2, 0.25) is 0 Å². The van der Waals surface area contributed by atoms with Gasteiger partial charge in [-0.05, 0) is 66.7 Å². The van der Waals surface area contributed by atoms with Gasteiger partial charge in [-0.3, -0.25) is 0 Å². The van der Waals surface area contributed by atoms with Crippen molar-refractivity contribution in [2.24, 2.45) is 0 Å². The lowest BCUT2D eigenvalue weighted by molar-refractivity contribution is -0.137. The number of anilines is 1. The summed E-state index contributed by atoms with van der Waals surface area (Å²) in [5, 5.41) is 16.3. The summed E-state index contributed by atoms with van der Waals surface area (Å²) in [4.78, 5) is 8.39. The normalized spacial score (nSPS) is 21.3. The molecule has 2 fully saturated rings. The van der Waals surface area contributed by atoms with Crippen LogP contribution in [0.5, 0.6) is 0 Å². The summed E-state index contributed by atoms with van der Waals surface area (Å²) in [5.74, 6) is 0.141. The Labute approximate surface area is 212 Å². The first-order chi connectivity index (χ1) is 17.4. The Morgan fingerprint density at radius 3 is 2.75 bits per heavy atom. The van der Waals surface area contributed by atoms with Crippen molar-refractivity contribution in [2.75, 3.05) is 25.0 Å². The Balaban J connectivity index is 1.55. The maximum absolute atomic E-state index is 14.2. The molecule has 190 valence electrons. The number of pyridine rings is 1. The van der Waals surface area contributed by atoms with E-state index in [-0.39, 0.29) is 23.4 Å². The Bertz CT molecular complexity index is 1410. The van der Waals surface area contributed by atoms with E-state index in [4.69, 9.17) is 4.74 Å². The van der Waals surface area contributed by atoms with Crippen LogP contribution in [-0.4, -0.2) is 55.1 Å². The minimum Gasteiger partial charge on any atom is -0.356 e. The van der Waals surface area contributed by atoms with Crippen molar-refractivity contribution in [1.82, 2.24) is 34.7 Å². The number of nitrogens with zero attached hydrogens (tertiary/aromatic N) is 6. The number of alkyl halides is 3. The first-order valence-electron chi connectivity index (χ1n) is 12.0. The molecule has 4 aromatic heterocycles. The van der Waals surface area contributed by atoms with Crippen molar-refractivity contribution >= 4 is 38.4 Å². The summed E-state index contributed by atoms with van der Waals surface area (Å²) in [6.07, 6.45) is 1.94. The van der Waals surface area contributed by atoms with Gasteiger partial charge in [0, 0.05) is 36.1 Å². The van der Waals surface area contributed by atoms with Crippen LogP contribution in [-0.2, 0) is 10.9 Å². The van der Waals surface area contributed by atoms with Crippen molar-refractivity contribution in [3.05, 3.63) is 34.6 Å². The van der Waals surface area contributed by atoms with Crippen molar-refractivity contribution in [3.8, 4) is 11.4 Å². The van der Waals surface area contributed by atoms with E-state index in [1.54, 1.807) is 21.5 Å². The predicted octanol–water partition coefficient (Wildman–Crippen LogP) is 4.79. The van der Waals surface area contributed by atoms with Gasteiger partial charge in [0.25, 0.3) is 0 Å². The highest BCUT2D eigenvalue weighted by Crippen LogP contribution is 2.40. The molecule has 0 saturated carbocycles. The first-order valence-corrected chi connectivity index (χ1v) is 12.8. The van der Waals surface area contributed by atoms with Gasteiger partial charge < -0.3 is 15.4 Å². The zero-order valence-electron chi connectivity index (χ0n) is 19.2. The van der Waals surface area contributed by atoms with Crippen LogP contribution in [0.3, 0.4) is 0 Å². The number of hydrogen-bond donors (Lipinski definition) is 2. The van der Waals surface area contributed by atoms with Crippen molar-refractivity contribution in [1.29, 1.82) is 0 Å². The fourth-order valence-corrected chi connectivity index (χ4v) is 5.21. The van der Waals surface area contributed by atoms with Crippen molar-refractivity contribution in [3.63, 3.8) is 0 Å². The van der Waals surface area contributed by atoms with E-state index in [1.807, 2.05) is 6.07 Å². The summed E-state index contributed by atoms with van der Waals surface area (Å²) in [6.45, 7) is 2.17. The molecule has 2 aliphatic heterocycles. The second kappa shape index (κ2) is 9.27. The second-order valence-corrected chi connectivity index (χ2v) is 10.0. The number of halogens is 4. The van der Waals surface area contributed by atoms with E-state index in [0.29, 0.717) is 36.1 Å². The van der Waals surface area contributed by atoms with Crippen LogP contribution in [0.25, 0.3) is 27.9 Å². The highest BCUT2D eigenvalue weighted by Gasteiger charge is 2.38. The van der Waals surface area contributed by atoms with Gasteiger partial charge in [-0.25, -0.2) is 19.2 Å². The molecule has 2 aliphatic rings. The SMILES string of the molecule is FC(F)(F)c1cnc(N[C@H]2CCCNC2)nc1-c1nn(C2CCCCO2)c2nn3cc(Br)ccc3c12. The molecule has 6 rings (SSSR count). The third kappa shape index (κ3) is 4.33. The number of piperidine rings is 1. The van der Waals surface area contributed by atoms with Gasteiger partial charge in [0.05, 0.1) is 10.9 Å². The van der Waals surface area contributed by atoms with Gasteiger partial charge in [-0.15, -0.1) is 5.10 Å². The third-order valence-electron chi connectivity index (χ3n) is 6.61. The molecule has 0 amide bonds. The Morgan fingerprint density at radius 1 is 1.11 bits per heavy atom. The molecule has 2 N–H and O–H groups in total. The number of aromatic nitrogens is 6. The molecule has 13 heteroatoms. The highest BCUT2D eigenvalue weighted by atomic mass is 79.9. The topological polar surface area (TPSA) is 94.2 Å². The fourth-order valence-electron chi connectivity index (χ4n) is 4.88. The fraction of sp³-hybridized carbons (Fsp3) is 0.478. The summed E-state index contributed by atoms with van der Waals surface area (Å²) >= 11 is 3.44. The van der Waals surface area contributed by atoms with Gasteiger partial charge in [-0.2, -0.15) is 18.3 Å². The van der Waals surface area contributed by atoms with Crippen molar-refractivity contribution in [2.45, 2.75) is 50.6 Å². The van der Waals surface area contributed by atoms with Crippen LogP contribution in [0.15, 0.2) is 29.0 Å². The number of hydrogen-bond acceptors (Lipinski definition) is 7. The molecule has 0 spiro atoms. The quantitative estimate of drug-likeness (QED) is 0.368. The Hall–Kier alpha value is -2.77.